The Hall–Kier alpha value is -2.22. The highest BCUT2D eigenvalue weighted by Crippen LogP contribution is 2.15. The summed E-state index contributed by atoms with van der Waals surface area (Å²) in [7, 11) is 1.65. The largest absolute Gasteiger partial charge is 0.383 e. The zero-order valence-electron chi connectivity index (χ0n) is 12.6. The molecule has 4 heteroatoms. The van der Waals surface area contributed by atoms with Crippen LogP contribution in [0.25, 0.3) is 0 Å². The lowest BCUT2D eigenvalue weighted by Gasteiger charge is -2.22. The predicted octanol–water partition coefficient (Wildman–Crippen LogP) is 3.35. The molecule has 0 heterocycles. The molecule has 0 saturated heterocycles. The Morgan fingerprint density at radius 1 is 1.14 bits per heavy atom. The van der Waals surface area contributed by atoms with E-state index in [1.165, 1.54) is 12.1 Å². The van der Waals surface area contributed by atoms with Crippen molar-refractivity contribution >= 4 is 0 Å². The Kier molecular flexibility index (Phi) is 6.08. The van der Waals surface area contributed by atoms with E-state index in [4.69, 9.17) is 10.00 Å². The Balaban J connectivity index is 2.14. The second kappa shape index (κ2) is 8.28. The number of rotatable bonds is 7. The van der Waals surface area contributed by atoms with Gasteiger partial charge in [-0.1, -0.05) is 30.3 Å². The smallest absolute Gasteiger partial charge is 0.127 e. The lowest BCUT2D eigenvalue weighted by atomic mass is 10.1. The van der Waals surface area contributed by atoms with Gasteiger partial charge in [-0.3, -0.25) is 4.90 Å². The summed E-state index contributed by atoms with van der Waals surface area (Å²) < 4.78 is 19.1. The minimum Gasteiger partial charge on any atom is -0.383 e. The molecule has 0 bridgehead atoms. The average Bonchev–Trinajstić information content (AvgIpc) is 2.55. The third-order valence-electron chi connectivity index (χ3n) is 3.43. The van der Waals surface area contributed by atoms with Crippen molar-refractivity contribution in [2.45, 2.75) is 13.1 Å². The van der Waals surface area contributed by atoms with Crippen molar-refractivity contribution in [3.05, 3.63) is 71.0 Å². The molecule has 0 aliphatic carbocycles. The van der Waals surface area contributed by atoms with Crippen LogP contribution in [0.4, 0.5) is 4.39 Å². The fourth-order valence-corrected chi connectivity index (χ4v) is 2.28. The van der Waals surface area contributed by atoms with E-state index in [0.29, 0.717) is 37.4 Å². The van der Waals surface area contributed by atoms with E-state index in [2.05, 4.69) is 11.0 Å². The lowest BCUT2D eigenvalue weighted by molar-refractivity contribution is 0.139. The first-order chi connectivity index (χ1) is 10.7. The third kappa shape index (κ3) is 4.66. The summed E-state index contributed by atoms with van der Waals surface area (Å²) in [4.78, 5) is 2.11. The van der Waals surface area contributed by atoms with Crippen LogP contribution in [-0.4, -0.2) is 25.2 Å². The Morgan fingerprint density at radius 3 is 2.59 bits per heavy atom. The SMILES string of the molecule is COCCN(Cc1ccccc1)Cc1cc(C#N)ccc1F. The molecule has 0 unspecified atom stereocenters. The molecule has 22 heavy (non-hydrogen) atoms. The first-order valence-electron chi connectivity index (χ1n) is 7.16. The standard InChI is InChI=1S/C18H19FN2O/c1-22-10-9-21(13-15-5-3-2-4-6-15)14-17-11-16(12-20)7-8-18(17)19/h2-8,11H,9-10,13-14H2,1H3. The van der Waals surface area contributed by atoms with Gasteiger partial charge in [-0.05, 0) is 23.8 Å². The highest BCUT2D eigenvalue weighted by molar-refractivity contribution is 5.33. The van der Waals surface area contributed by atoms with E-state index in [9.17, 15) is 4.39 Å². The number of benzene rings is 2. The Morgan fingerprint density at radius 2 is 1.91 bits per heavy atom. The van der Waals surface area contributed by atoms with E-state index in [0.717, 1.165) is 5.56 Å². The summed E-state index contributed by atoms with van der Waals surface area (Å²) in [5.41, 5.74) is 2.17. The third-order valence-corrected chi connectivity index (χ3v) is 3.43. The lowest BCUT2D eigenvalue weighted by Crippen LogP contribution is -2.27. The number of nitriles is 1. The summed E-state index contributed by atoms with van der Waals surface area (Å²) in [6, 6.07) is 16.5. The van der Waals surface area contributed by atoms with Crippen LogP contribution in [-0.2, 0) is 17.8 Å². The zero-order chi connectivity index (χ0) is 15.8. The van der Waals surface area contributed by atoms with Crippen molar-refractivity contribution in [1.29, 1.82) is 5.26 Å². The molecule has 2 aromatic carbocycles. The molecule has 114 valence electrons. The number of hydrogen-bond acceptors (Lipinski definition) is 3. The van der Waals surface area contributed by atoms with Gasteiger partial charge in [0, 0.05) is 32.3 Å². The summed E-state index contributed by atoms with van der Waals surface area (Å²) in [6.07, 6.45) is 0. The second-order valence-corrected chi connectivity index (χ2v) is 5.11. The number of methoxy groups -OCH3 is 1. The molecule has 0 spiro atoms. The molecule has 0 N–H and O–H groups in total. The first-order valence-corrected chi connectivity index (χ1v) is 7.16. The Bertz CT molecular complexity index is 637. The molecule has 0 aliphatic heterocycles. The summed E-state index contributed by atoms with van der Waals surface area (Å²) in [5, 5.41) is 8.96. The Labute approximate surface area is 130 Å². The van der Waals surface area contributed by atoms with E-state index in [-0.39, 0.29) is 5.82 Å². The molecule has 0 atom stereocenters. The molecule has 0 aromatic heterocycles. The number of nitrogens with zero attached hydrogens (tertiary/aromatic N) is 2. The van der Waals surface area contributed by atoms with E-state index in [1.54, 1.807) is 13.2 Å². The molecule has 0 saturated carbocycles. The number of halogens is 1. The fraction of sp³-hybridized carbons (Fsp3) is 0.278. The van der Waals surface area contributed by atoms with Gasteiger partial charge in [0.2, 0.25) is 0 Å². The van der Waals surface area contributed by atoms with Gasteiger partial charge >= 0.3 is 0 Å². The summed E-state index contributed by atoms with van der Waals surface area (Å²) in [6.45, 7) is 2.42. The van der Waals surface area contributed by atoms with Crippen molar-refractivity contribution in [1.82, 2.24) is 4.90 Å². The van der Waals surface area contributed by atoms with Gasteiger partial charge in [0.15, 0.2) is 0 Å². The highest BCUT2D eigenvalue weighted by atomic mass is 19.1. The van der Waals surface area contributed by atoms with Gasteiger partial charge < -0.3 is 4.74 Å². The molecule has 0 aliphatic rings. The second-order valence-electron chi connectivity index (χ2n) is 5.11. The maximum absolute atomic E-state index is 14.0. The van der Waals surface area contributed by atoms with E-state index >= 15 is 0 Å². The van der Waals surface area contributed by atoms with Crippen molar-refractivity contribution in [2.75, 3.05) is 20.3 Å². The quantitative estimate of drug-likeness (QED) is 0.786. The minimum atomic E-state index is -0.283. The van der Waals surface area contributed by atoms with E-state index < -0.39 is 0 Å². The van der Waals surface area contributed by atoms with Crippen molar-refractivity contribution in [3.8, 4) is 6.07 Å². The van der Waals surface area contributed by atoms with Gasteiger partial charge in [-0.25, -0.2) is 4.39 Å². The fourth-order valence-electron chi connectivity index (χ4n) is 2.28. The molecule has 2 rings (SSSR count). The molecule has 3 nitrogen and oxygen atoms in total. The maximum Gasteiger partial charge on any atom is 0.127 e. The molecule has 0 radical (unpaired) electrons. The van der Waals surface area contributed by atoms with E-state index in [1.807, 2.05) is 30.3 Å². The van der Waals surface area contributed by atoms with Crippen LogP contribution in [0.5, 0.6) is 0 Å². The molecular formula is C18H19FN2O. The van der Waals surface area contributed by atoms with Crippen molar-refractivity contribution in [2.24, 2.45) is 0 Å². The van der Waals surface area contributed by atoms with Crippen LogP contribution in [0.1, 0.15) is 16.7 Å². The topological polar surface area (TPSA) is 36.3 Å². The maximum atomic E-state index is 14.0. The summed E-state index contributed by atoms with van der Waals surface area (Å²) in [5.74, 6) is -0.283. The van der Waals surface area contributed by atoms with Crippen LogP contribution >= 0.6 is 0 Å². The van der Waals surface area contributed by atoms with Gasteiger partial charge in [0.25, 0.3) is 0 Å². The van der Waals surface area contributed by atoms with Crippen LogP contribution in [0.15, 0.2) is 48.5 Å². The average molecular weight is 298 g/mol. The summed E-state index contributed by atoms with van der Waals surface area (Å²) >= 11 is 0. The first kappa shape index (κ1) is 16.2. The van der Waals surface area contributed by atoms with Gasteiger partial charge in [-0.2, -0.15) is 5.26 Å². The highest BCUT2D eigenvalue weighted by Gasteiger charge is 2.11. The number of ether oxygens (including phenoxy) is 1. The zero-order valence-corrected chi connectivity index (χ0v) is 12.6. The van der Waals surface area contributed by atoms with Gasteiger partial charge in [0.05, 0.1) is 18.2 Å². The normalized spacial score (nSPS) is 10.6. The minimum absolute atomic E-state index is 0.283. The van der Waals surface area contributed by atoms with Gasteiger partial charge in [-0.15, -0.1) is 0 Å². The monoisotopic (exact) mass is 298 g/mol. The predicted molar refractivity (Wildman–Crippen MR) is 83.5 cm³/mol. The van der Waals surface area contributed by atoms with Gasteiger partial charge in [0.1, 0.15) is 5.82 Å². The number of hydrogen-bond donors (Lipinski definition) is 0. The van der Waals surface area contributed by atoms with Crippen LogP contribution in [0.2, 0.25) is 0 Å². The van der Waals surface area contributed by atoms with Crippen molar-refractivity contribution < 1.29 is 9.13 Å². The van der Waals surface area contributed by atoms with Crippen molar-refractivity contribution in [3.63, 3.8) is 0 Å². The molecule has 0 amide bonds. The van der Waals surface area contributed by atoms with Crippen LogP contribution in [0, 0.1) is 17.1 Å². The molecular weight excluding hydrogens is 279 g/mol. The van der Waals surface area contributed by atoms with Crippen LogP contribution < -0.4 is 0 Å². The van der Waals surface area contributed by atoms with Crippen LogP contribution in [0.3, 0.4) is 0 Å². The molecule has 0 fully saturated rings. The molecule has 2 aromatic rings.